The van der Waals surface area contributed by atoms with E-state index in [9.17, 15) is 4.55 Å². The van der Waals surface area contributed by atoms with E-state index < -0.39 is 11.4 Å². The second-order valence-electron chi connectivity index (χ2n) is 6.61. The Kier molecular flexibility index (Phi) is 5.58. The van der Waals surface area contributed by atoms with Gasteiger partial charge in [0, 0.05) is 10.7 Å². The molecule has 1 atom stereocenters. The highest BCUT2D eigenvalue weighted by atomic mass is 35.5. The zero-order valence-electron chi connectivity index (χ0n) is 15.9. The number of aromatic nitrogens is 2. The van der Waals surface area contributed by atoms with Crippen LogP contribution < -0.4 is 10.0 Å². The molecule has 0 aliphatic carbocycles. The van der Waals surface area contributed by atoms with E-state index in [0.717, 1.165) is 22.3 Å². The number of nitrogens with zero attached hydrogens (tertiary/aromatic N) is 2. The monoisotopic (exact) mass is 422 g/mol. The molecule has 0 radical (unpaired) electrons. The highest BCUT2D eigenvalue weighted by molar-refractivity contribution is 7.92. The minimum atomic E-state index is -1.51. The molecule has 0 saturated heterocycles. The van der Waals surface area contributed by atoms with Crippen LogP contribution in [0.5, 0.6) is 0 Å². The van der Waals surface area contributed by atoms with Crippen molar-refractivity contribution in [1.82, 2.24) is 9.97 Å². The van der Waals surface area contributed by atoms with Crippen molar-refractivity contribution in [2.45, 2.75) is 18.7 Å². The van der Waals surface area contributed by atoms with Gasteiger partial charge in [-0.25, -0.2) is 9.97 Å². The summed E-state index contributed by atoms with van der Waals surface area (Å²) in [6.07, 6.45) is 0. The molecule has 0 aliphatic rings. The van der Waals surface area contributed by atoms with Crippen molar-refractivity contribution in [2.24, 2.45) is 0 Å². The molecule has 3 aromatic carbocycles. The Morgan fingerprint density at radius 2 is 1.48 bits per heavy atom. The third-order valence-corrected chi connectivity index (χ3v) is 5.98. The number of rotatable bonds is 5. The SMILES string of the molecule is Cc1cccc(Nc2nc3ccccc3nc2N[S+]([O-])c2ccc(Cl)cc2)c1C. The normalized spacial score (nSPS) is 12.0. The first-order chi connectivity index (χ1) is 14.0. The van der Waals surface area contributed by atoms with Gasteiger partial charge in [-0.1, -0.05) is 35.9 Å². The lowest BCUT2D eigenvalue weighted by molar-refractivity contribution is 0.600. The van der Waals surface area contributed by atoms with Crippen LogP contribution in [0, 0.1) is 13.8 Å². The molecule has 4 rings (SSSR count). The van der Waals surface area contributed by atoms with E-state index in [-0.39, 0.29) is 0 Å². The Balaban J connectivity index is 1.73. The van der Waals surface area contributed by atoms with Gasteiger partial charge in [0.2, 0.25) is 5.82 Å². The second-order valence-corrected chi connectivity index (χ2v) is 8.26. The molecule has 146 valence electrons. The third-order valence-electron chi connectivity index (χ3n) is 4.65. The van der Waals surface area contributed by atoms with Gasteiger partial charge in [-0.05, 0) is 67.4 Å². The number of benzene rings is 3. The van der Waals surface area contributed by atoms with E-state index >= 15 is 0 Å². The molecule has 0 saturated carbocycles. The van der Waals surface area contributed by atoms with Gasteiger partial charge in [0.15, 0.2) is 10.7 Å². The van der Waals surface area contributed by atoms with Crippen molar-refractivity contribution in [3.63, 3.8) is 0 Å². The van der Waals surface area contributed by atoms with Gasteiger partial charge in [0.1, 0.15) is 11.4 Å². The molecular weight excluding hydrogens is 404 g/mol. The second kappa shape index (κ2) is 8.29. The van der Waals surface area contributed by atoms with Gasteiger partial charge >= 0.3 is 0 Å². The lowest BCUT2D eigenvalue weighted by Gasteiger charge is -2.16. The lowest BCUT2D eigenvalue weighted by Crippen LogP contribution is -2.16. The summed E-state index contributed by atoms with van der Waals surface area (Å²) < 4.78 is 15.8. The van der Waals surface area contributed by atoms with Crippen LogP contribution >= 0.6 is 11.6 Å². The van der Waals surface area contributed by atoms with Gasteiger partial charge in [0.05, 0.1) is 11.0 Å². The van der Waals surface area contributed by atoms with E-state index in [1.807, 2.05) is 43.3 Å². The van der Waals surface area contributed by atoms with Crippen LogP contribution in [0.4, 0.5) is 17.3 Å². The van der Waals surface area contributed by atoms with Gasteiger partial charge in [-0.3, -0.25) is 0 Å². The summed E-state index contributed by atoms with van der Waals surface area (Å²) in [6, 6.07) is 20.5. The van der Waals surface area contributed by atoms with Gasteiger partial charge in [-0.15, -0.1) is 0 Å². The van der Waals surface area contributed by atoms with Crippen LogP contribution in [0.25, 0.3) is 11.0 Å². The van der Waals surface area contributed by atoms with E-state index in [1.165, 1.54) is 5.56 Å². The number of aryl methyl sites for hydroxylation is 1. The zero-order valence-corrected chi connectivity index (χ0v) is 17.5. The molecule has 0 bridgehead atoms. The standard InChI is InChI=1S/C22H19ClN4OS/c1-14-6-5-9-18(15(14)2)24-21-22(26-20-8-4-3-7-19(20)25-21)27-29(28)17-12-10-16(23)11-13-17/h3-13H,1-2H3,(H,24,25)(H,26,27). The summed E-state index contributed by atoms with van der Waals surface area (Å²) in [5.74, 6) is 0.928. The molecule has 0 amide bonds. The van der Waals surface area contributed by atoms with Crippen LogP contribution in [-0.2, 0) is 11.4 Å². The average molecular weight is 423 g/mol. The van der Waals surface area contributed by atoms with Crippen LogP contribution in [0.2, 0.25) is 5.02 Å². The van der Waals surface area contributed by atoms with Crippen LogP contribution in [0.1, 0.15) is 11.1 Å². The van der Waals surface area contributed by atoms with Crippen LogP contribution in [-0.4, -0.2) is 14.5 Å². The predicted octanol–water partition coefficient (Wildman–Crippen LogP) is 5.78. The fraction of sp³-hybridized carbons (Fsp3) is 0.0909. The molecule has 0 spiro atoms. The van der Waals surface area contributed by atoms with E-state index in [2.05, 4.69) is 28.0 Å². The van der Waals surface area contributed by atoms with Crippen LogP contribution in [0.3, 0.4) is 0 Å². The number of halogens is 1. The predicted molar refractivity (Wildman–Crippen MR) is 120 cm³/mol. The Bertz CT molecular complexity index is 1170. The van der Waals surface area contributed by atoms with Gasteiger partial charge < -0.3 is 9.87 Å². The van der Waals surface area contributed by atoms with Crippen molar-refractivity contribution in [1.29, 1.82) is 0 Å². The fourth-order valence-corrected chi connectivity index (χ4v) is 3.82. The largest absolute Gasteiger partial charge is 0.588 e. The Labute approximate surface area is 177 Å². The fourth-order valence-electron chi connectivity index (χ4n) is 2.88. The number of hydrogen-bond donors (Lipinski definition) is 2. The molecule has 7 heteroatoms. The van der Waals surface area contributed by atoms with E-state index in [1.54, 1.807) is 24.3 Å². The molecular formula is C22H19ClN4OS. The summed E-state index contributed by atoms with van der Waals surface area (Å²) in [6.45, 7) is 4.10. The maximum absolute atomic E-state index is 12.8. The average Bonchev–Trinajstić information content (AvgIpc) is 2.72. The highest BCUT2D eigenvalue weighted by Gasteiger charge is 2.18. The minimum absolute atomic E-state index is 0.415. The number of hydrogen-bond acceptors (Lipinski definition) is 5. The Morgan fingerprint density at radius 1 is 0.828 bits per heavy atom. The summed E-state index contributed by atoms with van der Waals surface area (Å²) in [5, 5.41) is 3.94. The summed E-state index contributed by atoms with van der Waals surface area (Å²) in [7, 11) is 0. The van der Waals surface area contributed by atoms with Crippen molar-refractivity contribution in [2.75, 3.05) is 10.0 Å². The third kappa shape index (κ3) is 4.29. The Hall–Kier alpha value is -2.80. The maximum atomic E-state index is 12.8. The lowest BCUT2D eigenvalue weighted by atomic mass is 10.1. The van der Waals surface area contributed by atoms with Crippen molar-refractivity contribution >= 4 is 51.3 Å². The zero-order chi connectivity index (χ0) is 20.4. The van der Waals surface area contributed by atoms with Crippen molar-refractivity contribution < 1.29 is 4.55 Å². The summed E-state index contributed by atoms with van der Waals surface area (Å²) >= 11 is 4.42. The number of anilines is 3. The first-order valence-corrected chi connectivity index (χ1v) is 10.6. The van der Waals surface area contributed by atoms with Gasteiger partial charge in [0.25, 0.3) is 0 Å². The first kappa shape index (κ1) is 19.5. The molecule has 1 aromatic heterocycles. The van der Waals surface area contributed by atoms with Crippen molar-refractivity contribution in [3.8, 4) is 0 Å². The molecule has 1 unspecified atom stereocenters. The van der Waals surface area contributed by atoms with Crippen molar-refractivity contribution in [3.05, 3.63) is 82.9 Å². The Morgan fingerprint density at radius 3 is 2.17 bits per heavy atom. The molecule has 2 N–H and O–H groups in total. The topological polar surface area (TPSA) is 72.9 Å². The first-order valence-electron chi connectivity index (χ1n) is 9.05. The molecule has 0 aliphatic heterocycles. The highest BCUT2D eigenvalue weighted by Crippen LogP contribution is 2.29. The van der Waals surface area contributed by atoms with Gasteiger partial charge in [-0.2, -0.15) is 4.72 Å². The molecule has 1 heterocycles. The minimum Gasteiger partial charge on any atom is -0.588 e. The smallest absolute Gasteiger partial charge is 0.214 e. The maximum Gasteiger partial charge on any atom is 0.214 e. The molecule has 5 nitrogen and oxygen atoms in total. The molecule has 29 heavy (non-hydrogen) atoms. The quantitative estimate of drug-likeness (QED) is 0.399. The van der Waals surface area contributed by atoms with E-state index in [4.69, 9.17) is 16.6 Å². The molecule has 0 fully saturated rings. The summed E-state index contributed by atoms with van der Waals surface area (Å²) in [4.78, 5) is 9.96. The summed E-state index contributed by atoms with van der Waals surface area (Å²) in [5.41, 5.74) is 4.68. The van der Waals surface area contributed by atoms with Crippen LogP contribution in [0.15, 0.2) is 71.6 Å². The molecule has 4 aromatic rings. The number of fused-ring (bicyclic) bond motifs is 1. The number of nitrogens with one attached hydrogen (secondary N) is 2. The number of para-hydroxylation sites is 2. The van der Waals surface area contributed by atoms with E-state index in [0.29, 0.717) is 21.6 Å².